The van der Waals surface area contributed by atoms with Crippen molar-refractivity contribution in [1.29, 1.82) is 0 Å². The van der Waals surface area contributed by atoms with Gasteiger partial charge < -0.3 is 20.3 Å². The van der Waals surface area contributed by atoms with E-state index in [0.717, 1.165) is 5.56 Å². The van der Waals surface area contributed by atoms with Crippen LogP contribution in [-0.4, -0.2) is 59.8 Å². The molecule has 0 aromatic heterocycles. The van der Waals surface area contributed by atoms with Crippen molar-refractivity contribution < 1.29 is 24.0 Å². The van der Waals surface area contributed by atoms with Crippen molar-refractivity contribution in [2.24, 2.45) is 0 Å². The van der Waals surface area contributed by atoms with Crippen LogP contribution in [0.25, 0.3) is 0 Å². The Labute approximate surface area is 197 Å². The lowest BCUT2D eigenvalue weighted by Gasteiger charge is -2.33. The first-order valence-electron chi connectivity index (χ1n) is 11.0. The van der Waals surface area contributed by atoms with E-state index in [1.54, 1.807) is 18.1 Å². The molecule has 0 saturated carbocycles. The number of hydrogen-bond donors (Lipinski definition) is 2. The lowest BCUT2D eigenvalue weighted by Crippen LogP contribution is -2.53. The van der Waals surface area contributed by atoms with Crippen LogP contribution in [0.2, 0.25) is 0 Å². The summed E-state index contributed by atoms with van der Waals surface area (Å²) in [6, 6.07) is 12.0. The van der Waals surface area contributed by atoms with E-state index < -0.39 is 11.0 Å². The molecule has 0 radical (unpaired) electrons. The minimum absolute atomic E-state index is 0.0696. The van der Waals surface area contributed by atoms with Crippen molar-refractivity contribution in [2.45, 2.75) is 38.3 Å². The van der Waals surface area contributed by atoms with Crippen LogP contribution in [0.3, 0.4) is 0 Å². The van der Waals surface area contributed by atoms with E-state index in [4.69, 9.17) is 4.74 Å². The molecule has 10 heteroatoms. The average Bonchev–Trinajstić information content (AvgIpc) is 2.83. The Kier molecular flexibility index (Phi) is 8.18. The number of ether oxygens (including phenoxy) is 1. The molecule has 0 unspecified atom stereocenters. The van der Waals surface area contributed by atoms with Gasteiger partial charge in [0.15, 0.2) is 0 Å². The van der Waals surface area contributed by atoms with Gasteiger partial charge in [0.1, 0.15) is 11.8 Å². The van der Waals surface area contributed by atoms with Crippen molar-refractivity contribution in [1.82, 2.24) is 15.5 Å². The summed E-state index contributed by atoms with van der Waals surface area (Å²) < 4.78 is 5.35. The maximum Gasteiger partial charge on any atom is 0.269 e. The van der Waals surface area contributed by atoms with Gasteiger partial charge in [0.05, 0.1) is 12.0 Å². The summed E-state index contributed by atoms with van der Waals surface area (Å²) in [5, 5.41) is 16.5. The number of hydrogen-bond acceptors (Lipinski definition) is 6. The molecule has 1 heterocycles. The Bertz CT molecular complexity index is 1050. The molecule has 1 fully saturated rings. The van der Waals surface area contributed by atoms with Crippen LogP contribution in [0.5, 0.6) is 5.75 Å². The molecule has 1 atom stereocenters. The quantitative estimate of drug-likeness (QED) is 0.450. The van der Waals surface area contributed by atoms with Crippen LogP contribution in [0, 0.1) is 10.1 Å². The van der Waals surface area contributed by atoms with Gasteiger partial charge in [-0.25, -0.2) is 0 Å². The molecule has 2 aromatic rings. The summed E-state index contributed by atoms with van der Waals surface area (Å²) in [6.07, 6.45) is 1.41. The first kappa shape index (κ1) is 24.7. The van der Waals surface area contributed by atoms with Crippen LogP contribution >= 0.6 is 0 Å². The molecular formula is C24H28N4O6. The Morgan fingerprint density at radius 2 is 1.76 bits per heavy atom. The maximum absolute atomic E-state index is 13.0. The van der Waals surface area contributed by atoms with Crippen LogP contribution in [0.4, 0.5) is 5.69 Å². The van der Waals surface area contributed by atoms with Gasteiger partial charge in [-0.3, -0.25) is 24.5 Å². The Balaban J connectivity index is 1.57. The predicted octanol–water partition coefficient (Wildman–Crippen LogP) is 2.07. The van der Waals surface area contributed by atoms with Crippen molar-refractivity contribution in [3.05, 3.63) is 69.8 Å². The molecule has 1 saturated heterocycles. The zero-order valence-electron chi connectivity index (χ0n) is 19.2. The van der Waals surface area contributed by atoms with Crippen LogP contribution in [-0.2, 0) is 16.0 Å². The molecule has 34 heavy (non-hydrogen) atoms. The Hall–Kier alpha value is -3.95. The fourth-order valence-corrected chi connectivity index (χ4v) is 3.98. The largest absolute Gasteiger partial charge is 0.496 e. The van der Waals surface area contributed by atoms with Gasteiger partial charge in [-0.15, -0.1) is 0 Å². The molecule has 3 rings (SSSR count). The number of carbonyl (C=O) groups excluding carboxylic acids is 3. The third kappa shape index (κ3) is 6.31. The van der Waals surface area contributed by atoms with Gasteiger partial charge in [-0.05, 0) is 36.6 Å². The number of nitrogens with zero attached hydrogens (tertiary/aromatic N) is 2. The van der Waals surface area contributed by atoms with E-state index in [9.17, 15) is 24.5 Å². The Morgan fingerprint density at radius 3 is 2.35 bits per heavy atom. The minimum Gasteiger partial charge on any atom is -0.496 e. The number of nitro groups is 1. The molecule has 0 spiro atoms. The highest BCUT2D eigenvalue weighted by Gasteiger charge is 2.28. The lowest BCUT2D eigenvalue weighted by molar-refractivity contribution is -0.384. The van der Waals surface area contributed by atoms with Crippen molar-refractivity contribution in [2.75, 3.05) is 20.2 Å². The highest BCUT2D eigenvalue weighted by Crippen LogP contribution is 2.20. The van der Waals surface area contributed by atoms with Gasteiger partial charge in [-0.1, -0.05) is 18.2 Å². The van der Waals surface area contributed by atoms with Gasteiger partial charge in [0.2, 0.25) is 11.8 Å². The number of non-ortho nitro benzene ring substituents is 1. The van der Waals surface area contributed by atoms with Crippen LogP contribution < -0.4 is 15.4 Å². The fourth-order valence-electron chi connectivity index (χ4n) is 3.98. The standard InChI is InChI=1S/C24H28N4O6/c1-16(29)25-21(15-18-5-3-4-6-22(18)34-2)23(30)26-19-11-13-27(14-12-19)24(31)17-7-9-20(10-8-17)28(32)33/h3-10,19,21H,11-15H2,1-2H3,(H,25,29)(H,26,30)/t21-/m0/s1. The SMILES string of the molecule is COc1ccccc1C[C@H](NC(C)=O)C(=O)NC1CCN(C(=O)c2ccc([N+](=O)[O-])cc2)CC1. The zero-order valence-corrected chi connectivity index (χ0v) is 19.2. The molecule has 2 N–H and O–H groups in total. The number of nitro benzene ring substituents is 1. The molecule has 1 aliphatic heterocycles. The summed E-state index contributed by atoms with van der Waals surface area (Å²) in [5.41, 5.74) is 1.12. The number of carbonyl (C=O) groups is 3. The zero-order chi connectivity index (χ0) is 24.7. The second-order valence-electron chi connectivity index (χ2n) is 8.15. The summed E-state index contributed by atoms with van der Waals surface area (Å²) in [5.74, 6) is -0.157. The summed E-state index contributed by atoms with van der Waals surface area (Å²) in [7, 11) is 1.55. The minimum atomic E-state index is -0.756. The van der Waals surface area contributed by atoms with E-state index in [0.29, 0.717) is 37.2 Å². The van der Waals surface area contributed by atoms with Gasteiger partial charge in [0.25, 0.3) is 11.6 Å². The second kappa shape index (κ2) is 11.3. The molecule has 1 aliphatic rings. The smallest absolute Gasteiger partial charge is 0.269 e. The van der Waals surface area contributed by atoms with Gasteiger partial charge >= 0.3 is 0 Å². The number of para-hydroxylation sites is 1. The van der Waals surface area contributed by atoms with E-state index in [-0.39, 0.29) is 35.9 Å². The number of amides is 3. The van der Waals surface area contributed by atoms with E-state index in [1.165, 1.54) is 31.2 Å². The molecular weight excluding hydrogens is 440 g/mol. The number of likely N-dealkylation sites (tertiary alicyclic amines) is 1. The third-order valence-corrected chi connectivity index (χ3v) is 5.76. The molecule has 10 nitrogen and oxygen atoms in total. The van der Waals surface area contributed by atoms with Crippen LogP contribution in [0.1, 0.15) is 35.7 Å². The second-order valence-corrected chi connectivity index (χ2v) is 8.15. The fraction of sp³-hybridized carbons (Fsp3) is 0.375. The molecule has 0 bridgehead atoms. The Morgan fingerprint density at radius 1 is 1.12 bits per heavy atom. The molecule has 3 amide bonds. The summed E-state index contributed by atoms with van der Waals surface area (Å²) in [4.78, 5) is 49.3. The molecule has 2 aromatic carbocycles. The number of benzene rings is 2. The van der Waals surface area contributed by atoms with Crippen molar-refractivity contribution in [3.8, 4) is 5.75 Å². The van der Waals surface area contributed by atoms with E-state index in [2.05, 4.69) is 10.6 Å². The molecule has 180 valence electrons. The number of nitrogens with one attached hydrogen (secondary N) is 2. The number of rotatable bonds is 8. The average molecular weight is 469 g/mol. The number of piperidine rings is 1. The first-order chi connectivity index (χ1) is 16.3. The topological polar surface area (TPSA) is 131 Å². The van der Waals surface area contributed by atoms with E-state index >= 15 is 0 Å². The third-order valence-electron chi connectivity index (χ3n) is 5.76. The van der Waals surface area contributed by atoms with Gasteiger partial charge in [0, 0.05) is 50.2 Å². The van der Waals surface area contributed by atoms with Crippen molar-refractivity contribution in [3.63, 3.8) is 0 Å². The van der Waals surface area contributed by atoms with Crippen molar-refractivity contribution >= 4 is 23.4 Å². The monoisotopic (exact) mass is 468 g/mol. The molecule has 0 aliphatic carbocycles. The summed E-state index contributed by atoms with van der Waals surface area (Å²) >= 11 is 0. The first-order valence-corrected chi connectivity index (χ1v) is 11.0. The lowest BCUT2D eigenvalue weighted by atomic mass is 10.0. The predicted molar refractivity (Wildman–Crippen MR) is 124 cm³/mol. The van der Waals surface area contributed by atoms with Gasteiger partial charge in [-0.2, -0.15) is 0 Å². The highest BCUT2D eigenvalue weighted by molar-refractivity contribution is 5.94. The highest BCUT2D eigenvalue weighted by atomic mass is 16.6. The van der Waals surface area contributed by atoms with Crippen LogP contribution in [0.15, 0.2) is 48.5 Å². The summed E-state index contributed by atoms with van der Waals surface area (Å²) in [6.45, 7) is 2.25. The number of methoxy groups -OCH3 is 1. The normalized spacial score (nSPS) is 14.7. The maximum atomic E-state index is 13.0. The van der Waals surface area contributed by atoms with E-state index in [1.807, 2.05) is 18.2 Å².